The molecule has 3 amide bonds. The van der Waals surface area contributed by atoms with Gasteiger partial charge in [-0.2, -0.15) is 4.72 Å². The van der Waals surface area contributed by atoms with Gasteiger partial charge < -0.3 is 14.8 Å². The van der Waals surface area contributed by atoms with Crippen LogP contribution in [0, 0.1) is 0 Å². The Morgan fingerprint density at radius 3 is 2.62 bits per heavy atom. The summed E-state index contributed by atoms with van der Waals surface area (Å²) in [4.78, 5) is 34.2. The molecule has 0 unspecified atom stereocenters. The zero-order chi connectivity index (χ0) is 19.6. The molecule has 0 aromatic heterocycles. The summed E-state index contributed by atoms with van der Waals surface area (Å²) in [6.45, 7) is -0.918. The van der Waals surface area contributed by atoms with Crippen molar-refractivity contribution >= 4 is 43.9 Å². The fourth-order valence-electron chi connectivity index (χ4n) is 1.54. The number of hydrogen-bond donors (Lipinski definition) is 3. The molecule has 0 radical (unpaired) electrons. The first-order valence-electron chi connectivity index (χ1n) is 7.22. The van der Waals surface area contributed by atoms with Crippen molar-refractivity contribution in [3.8, 4) is 0 Å². The Hall–Kier alpha value is -2.02. The molecular weight excluding hydrogens is 434 g/mol. The average molecular weight is 452 g/mol. The maximum Gasteiger partial charge on any atom is 0.321 e. The van der Waals surface area contributed by atoms with Crippen LogP contribution < -0.4 is 15.4 Å². The number of esters is 1. The second-order valence-electron chi connectivity index (χ2n) is 4.74. The van der Waals surface area contributed by atoms with E-state index in [4.69, 9.17) is 4.74 Å². The Balaban J connectivity index is 2.36. The van der Waals surface area contributed by atoms with E-state index in [2.05, 4.69) is 30.7 Å². The number of methoxy groups -OCH3 is 1. The zero-order valence-electron chi connectivity index (χ0n) is 13.8. The van der Waals surface area contributed by atoms with Crippen molar-refractivity contribution in [2.45, 2.75) is 4.90 Å². The second-order valence-corrected chi connectivity index (χ2v) is 7.42. The molecule has 0 atom stereocenters. The highest BCUT2D eigenvalue weighted by Crippen LogP contribution is 2.15. The van der Waals surface area contributed by atoms with Gasteiger partial charge in [0.15, 0.2) is 6.61 Å². The van der Waals surface area contributed by atoms with E-state index in [1.54, 1.807) is 6.07 Å². The van der Waals surface area contributed by atoms with E-state index in [9.17, 15) is 22.8 Å². The van der Waals surface area contributed by atoms with Gasteiger partial charge in [-0.05, 0) is 18.2 Å². The van der Waals surface area contributed by atoms with Gasteiger partial charge in [-0.3, -0.25) is 14.9 Å². The number of hydrogen-bond acceptors (Lipinski definition) is 7. The van der Waals surface area contributed by atoms with E-state index in [-0.39, 0.29) is 18.0 Å². The van der Waals surface area contributed by atoms with Crippen LogP contribution >= 0.6 is 15.9 Å². The summed E-state index contributed by atoms with van der Waals surface area (Å²) < 4.78 is 35.9. The van der Waals surface area contributed by atoms with Crippen molar-refractivity contribution in [3.63, 3.8) is 0 Å². The third-order valence-electron chi connectivity index (χ3n) is 2.72. The fraction of sp³-hybridized carbons (Fsp3) is 0.357. The normalized spacial score (nSPS) is 10.8. The molecule has 0 heterocycles. The predicted octanol–water partition coefficient (Wildman–Crippen LogP) is -0.257. The summed E-state index contributed by atoms with van der Waals surface area (Å²) in [5, 5.41) is 4.27. The van der Waals surface area contributed by atoms with Gasteiger partial charge in [-0.15, -0.1) is 0 Å². The second kappa shape index (κ2) is 10.9. The van der Waals surface area contributed by atoms with Crippen LogP contribution in [-0.4, -0.2) is 59.7 Å². The van der Waals surface area contributed by atoms with Gasteiger partial charge >= 0.3 is 12.0 Å². The molecule has 0 saturated heterocycles. The highest BCUT2D eigenvalue weighted by atomic mass is 79.9. The summed E-state index contributed by atoms with van der Waals surface area (Å²) >= 11 is 3.15. The molecule has 144 valence electrons. The molecule has 12 heteroatoms. The lowest BCUT2D eigenvalue weighted by atomic mass is 10.4. The van der Waals surface area contributed by atoms with Crippen LogP contribution in [0.15, 0.2) is 33.6 Å². The van der Waals surface area contributed by atoms with Crippen LogP contribution in [0.25, 0.3) is 0 Å². The standard InChI is InChI=1S/C14H18BrN3O7S/c1-24-6-5-16-14(21)18-12(19)9-25-13(20)8-17-26(22,23)11-4-2-3-10(15)7-11/h2-4,7,17H,5-6,8-9H2,1H3,(H2,16,18,19,21). The molecule has 0 aliphatic heterocycles. The monoisotopic (exact) mass is 451 g/mol. The highest BCUT2D eigenvalue weighted by molar-refractivity contribution is 9.10. The van der Waals surface area contributed by atoms with E-state index in [0.29, 0.717) is 4.47 Å². The SMILES string of the molecule is COCCNC(=O)NC(=O)COC(=O)CNS(=O)(=O)c1cccc(Br)c1. The molecule has 0 spiro atoms. The van der Waals surface area contributed by atoms with Crippen molar-refractivity contribution in [2.24, 2.45) is 0 Å². The Bertz CT molecular complexity index is 755. The minimum atomic E-state index is -3.91. The molecule has 0 aliphatic rings. The summed E-state index contributed by atoms with van der Waals surface area (Å²) in [6, 6.07) is 5.13. The molecule has 0 saturated carbocycles. The molecule has 10 nitrogen and oxygen atoms in total. The predicted molar refractivity (Wildman–Crippen MR) is 93.7 cm³/mol. The lowest BCUT2D eigenvalue weighted by Crippen LogP contribution is -2.42. The molecule has 3 N–H and O–H groups in total. The largest absolute Gasteiger partial charge is 0.455 e. The Morgan fingerprint density at radius 1 is 1.23 bits per heavy atom. The van der Waals surface area contributed by atoms with Crippen LogP contribution in [0.2, 0.25) is 0 Å². The number of urea groups is 1. The number of carbonyl (C=O) groups is 3. The van der Waals surface area contributed by atoms with Crippen molar-refractivity contribution in [2.75, 3.05) is 33.4 Å². The molecule has 0 bridgehead atoms. The summed E-state index contributed by atoms with van der Waals surface area (Å²) in [7, 11) is -2.45. The minimum Gasteiger partial charge on any atom is -0.455 e. The van der Waals surface area contributed by atoms with E-state index in [1.807, 2.05) is 5.32 Å². The van der Waals surface area contributed by atoms with E-state index in [1.165, 1.54) is 25.3 Å². The molecule has 1 rings (SSSR count). The zero-order valence-corrected chi connectivity index (χ0v) is 16.2. The van der Waals surface area contributed by atoms with Crippen LogP contribution in [-0.2, 0) is 29.1 Å². The van der Waals surface area contributed by atoms with Gasteiger partial charge in [0.25, 0.3) is 5.91 Å². The highest BCUT2D eigenvalue weighted by Gasteiger charge is 2.17. The first-order valence-corrected chi connectivity index (χ1v) is 9.49. The number of imide groups is 1. The average Bonchev–Trinajstić information content (AvgIpc) is 2.58. The minimum absolute atomic E-state index is 0.0369. The maximum atomic E-state index is 12.0. The number of amides is 3. The lowest BCUT2D eigenvalue weighted by molar-refractivity contribution is -0.147. The molecule has 0 aliphatic carbocycles. The van der Waals surface area contributed by atoms with Crippen LogP contribution in [0.3, 0.4) is 0 Å². The van der Waals surface area contributed by atoms with Crippen molar-refractivity contribution in [3.05, 3.63) is 28.7 Å². The quantitative estimate of drug-likeness (QED) is 0.347. The molecule has 0 fully saturated rings. The van der Waals surface area contributed by atoms with Gasteiger partial charge in [-0.1, -0.05) is 22.0 Å². The maximum absolute atomic E-state index is 12.0. The number of rotatable bonds is 9. The third kappa shape index (κ3) is 8.38. The number of nitrogens with one attached hydrogen (secondary N) is 3. The van der Waals surface area contributed by atoms with Crippen molar-refractivity contribution < 1.29 is 32.3 Å². The van der Waals surface area contributed by atoms with Gasteiger partial charge in [0.2, 0.25) is 10.0 Å². The summed E-state index contributed by atoms with van der Waals surface area (Å²) in [6.07, 6.45) is 0. The number of sulfonamides is 1. The molecule has 1 aromatic carbocycles. The van der Waals surface area contributed by atoms with Crippen LogP contribution in [0.4, 0.5) is 4.79 Å². The molecule has 26 heavy (non-hydrogen) atoms. The fourth-order valence-corrected chi connectivity index (χ4v) is 3.11. The van der Waals surface area contributed by atoms with Gasteiger partial charge in [0.05, 0.1) is 11.5 Å². The number of benzene rings is 1. The van der Waals surface area contributed by atoms with E-state index in [0.717, 1.165) is 0 Å². The number of halogens is 1. The van der Waals surface area contributed by atoms with Gasteiger partial charge in [-0.25, -0.2) is 13.2 Å². The Labute approximate surface area is 158 Å². The first kappa shape index (κ1) is 22.0. The Morgan fingerprint density at radius 2 is 1.96 bits per heavy atom. The van der Waals surface area contributed by atoms with E-state index < -0.39 is 41.1 Å². The van der Waals surface area contributed by atoms with Crippen molar-refractivity contribution in [1.29, 1.82) is 0 Å². The molecular formula is C14H18BrN3O7S. The van der Waals surface area contributed by atoms with Crippen molar-refractivity contribution in [1.82, 2.24) is 15.4 Å². The van der Waals surface area contributed by atoms with Gasteiger partial charge in [0, 0.05) is 18.1 Å². The smallest absolute Gasteiger partial charge is 0.321 e. The third-order valence-corrected chi connectivity index (χ3v) is 4.61. The Kier molecular flexibility index (Phi) is 9.19. The molecule has 1 aromatic rings. The summed E-state index contributed by atoms with van der Waals surface area (Å²) in [5.74, 6) is -1.83. The number of ether oxygens (including phenoxy) is 2. The number of carbonyl (C=O) groups excluding carboxylic acids is 3. The van der Waals surface area contributed by atoms with Gasteiger partial charge in [0.1, 0.15) is 6.54 Å². The first-order chi connectivity index (χ1) is 12.2. The summed E-state index contributed by atoms with van der Waals surface area (Å²) in [5.41, 5.74) is 0. The topological polar surface area (TPSA) is 140 Å². The lowest BCUT2D eigenvalue weighted by Gasteiger charge is -2.08. The van der Waals surface area contributed by atoms with Crippen LogP contribution in [0.5, 0.6) is 0 Å². The van der Waals surface area contributed by atoms with E-state index >= 15 is 0 Å². The van der Waals surface area contributed by atoms with Crippen LogP contribution in [0.1, 0.15) is 0 Å².